The summed E-state index contributed by atoms with van der Waals surface area (Å²) in [7, 11) is 1.84. The first kappa shape index (κ1) is 14.2. The van der Waals surface area contributed by atoms with E-state index in [1.807, 2.05) is 38.2 Å². The smallest absolute Gasteiger partial charge is 0.252 e. The highest BCUT2D eigenvalue weighted by Crippen LogP contribution is 2.16. The second kappa shape index (κ2) is 5.93. The number of aromatic nitrogens is 4. The number of carbonyl (C=O) groups is 1. The summed E-state index contributed by atoms with van der Waals surface area (Å²) < 4.78 is 1.72. The Morgan fingerprint density at radius 1 is 1.32 bits per heavy atom. The Morgan fingerprint density at radius 3 is 2.95 bits per heavy atom. The lowest BCUT2D eigenvalue weighted by atomic mass is 10.2. The van der Waals surface area contributed by atoms with Gasteiger partial charge in [-0.15, -0.1) is 0 Å². The van der Waals surface area contributed by atoms with Crippen molar-refractivity contribution in [1.82, 2.24) is 25.1 Å². The summed E-state index contributed by atoms with van der Waals surface area (Å²) in [6.45, 7) is 2.45. The van der Waals surface area contributed by atoms with Crippen LogP contribution in [-0.4, -0.2) is 32.2 Å². The summed E-state index contributed by atoms with van der Waals surface area (Å²) in [4.78, 5) is 20.7. The zero-order valence-electron chi connectivity index (χ0n) is 12.6. The van der Waals surface area contributed by atoms with E-state index in [1.54, 1.807) is 17.1 Å². The molecule has 0 aliphatic heterocycles. The number of rotatable bonds is 4. The molecule has 1 N–H and O–H groups in total. The van der Waals surface area contributed by atoms with E-state index >= 15 is 0 Å². The Kier molecular flexibility index (Phi) is 3.82. The van der Waals surface area contributed by atoms with Gasteiger partial charge >= 0.3 is 0 Å². The van der Waals surface area contributed by atoms with Crippen molar-refractivity contribution in [3.8, 4) is 0 Å². The van der Waals surface area contributed by atoms with Crippen molar-refractivity contribution < 1.29 is 4.79 Å². The molecular formula is C16H17N5O. The highest BCUT2D eigenvalue weighted by molar-refractivity contribution is 5.97. The highest BCUT2D eigenvalue weighted by atomic mass is 16.1. The third kappa shape index (κ3) is 2.81. The Hall–Kier alpha value is -2.76. The van der Waals surface area contributed by atoms with Gasteiger partial charge in [-0.05, 0) is 25.1 Å². The SMILES string of the molecule is Cc1nn(C)c2ncc(C(=O)NCCc3ccccn3)cc12. The Balaban J connectivity index is 1.68. The fraction of sp³-hybridized carbons (Fsp3) is 0.250. The molecule has 0 saturated carbocycles. The zero-order chi connectivity index (χ0) is 15.5. The number of amides is 1. The third-order valence-corrected chi connectivity index (χ3v) is 3.52. The van der Waals surface area contributed by atoms with Crippen LogP contribution >= 0.6 is 0 Å². The Bertz CT molecular complexity index is 810. The van der Waals surface area contributed by atoms with Crippen LogP contribution in [0, 0.1) is 6.92 Å². The van der Waals surface area contributed by atoms with Crippen LogP contribution in [-0.2, 0) is 13.5 Å². The van der Waals surface area contributed by atoms with Gasteiger partial charge in [-0.3, -0.25) is 14.5 Å². The van der Waals surface area contributed by atoms with Crippen molar-refractivity contribution in [2.45, 2.75) is 13.3 Å². The van der Waals surface area contributed by atoms with E-state index in [0.717, 1.165) is 22.4 Å². The van der Waals surface area contributed by atoms with Crippen molar-refractivity contribution in [3.05, 3.63) is 53.6 Å². The summed E-state index contributed by atoms with van der Waals surface area (Å²) in [6, 6.07) is 7.59. The van der Waals surface area contributed by atoms with Gasteiger partial charge in [0.1, 0.15) is 0 Å². The monoisotopic (exact) mass is 295 g/mol. The van der Waals surface area contributed by atoms with Crippen molar-refractivity contribution in [2.24, 2.45) is 7.05 Å². The van der Waals surface area contributed by atoms with Crippen LogP contribution in [0.15, 0.2) is 36.7 Å². The van der Waals surface area contributed by atoms with Gasteiger partial charge in [0, 0.05) is 43.5 Å². The average molecular weight is 295 g/mol. The normalized spacial score (nSPS) is 10.8. The van der Waals surface area contributed by atoms with Gasteiger partial charge in [-0.1, -0.05) is 6.07 Å². The molecule has 1 amide bonds. The predicted molar refractivity (Wildman–Crippen MR) is 83.5 cm³/mol. The van der Waals surface area contributed by atoms with E-state index < -0.39 is 0 Å². The lowest BCUT2D eigenvalue weighted by Crippen LogP contribution is -2.26. The quantitative estimate of drug-likeness (QED) is 0.794. The Morgan fingerprint density at radius 2 is 2.18 bits per heavy atom. The molecule has 0 aliphatic carbocycles. The van der Waals surface area contributed by atoms with Crippen LogP contribution in [0.5, 0.6) is 0 Å². The molecule has 0 aromatic carbocycles. The second-order valence-electron chi connectivity index (χ2n) is 5.13. The molecule has 3 aromatic heterocycles. The first-order valence-corrected chi connectivity index (χ1v) is 7.12. The van der Waals surface area contributed by atoms with Gasteiger partial charge in [0.25, 0.3) is 5.91 Å². The maximum atomic E-state index is 12.2. The van der Waals surface area contributed by atoms with Gasteiger partial charge in [0.05, 0.1) is 11.3 Å². The summed E-state index contributed by atoms with van der Waals surface area (Å²) >= 11 is 0. The number of pyridine rings is 2. The number of aryl methyl sites for hydroxylation is 2. The lowest BCUT2D eigenvalue weighted by Gasteiger charge is -2.05. The molecule has 0 unspecified atom stereocenters. The number of fused-ring (bicyclic) bond motifs is 1. The minimum absolute atomic E-state index is 0.131. The molecule has 0 saturated heterocycles. The van der Waals surface area contributed by atoms with E-state index in [9.17, 15) is 4.79 Å². The molecule has 3 aromatic rings. The second-order valence-corrected chi connectivity index (χ2v) is 5.13. The molecular weight excluding hydrogens is 278 g/mol. The molecule has 6 nitrogen and oxygen atoms in total. The standard InChI is InChI=1S/C16H17N5O/c1-11-14-9-12(10-19-15(14)21(2)20-11)16(22)18-8-6-13-5-3-4-7-17-13/h3-5,7,9-10H,6,8H2,1-2H3,(H,18,22). The van der Waals surface area contributed by atoms with Crippen LogP contribution in [0.2, 0.25) is 0 Å². The molecule has 3 rings (SSSR count). The first-order valence-electron chi connectivity index (χ1n) is 7.12. The summed E-state index contributed by atoms with van der Waals surface area (Å²) in [5.74, 6) is -0.131. The first-order chi connectivity index (χ1) is 10.6. The van der Waals surface area contributed by atoms with Crippen LogP contribution in [0.4, 0.5) is 0 Å². The minimum atomic E-state index is -0.131. The van der Waals surface area contributed by atoms with E-state index in [4.69, 9.17) is 0 Å². The van der Waals surface area contributed by atoms with Crippen molar-refractivity contribution in [3.63, 3.8) is 0 Å². The van der Waals surface area contributed by atoms with E-state index in [0.29, 0.717) is 18.5 Å². The average Bonchev–Trinajstić information content (AvgIpc) is 2.82. The maximum Gasteiger partial charge on any atom is 0.252 e. The number of hydrogen-bond acceptors (Lipinski definition) is 4. The van der Waals surface area contributed by atoms with Crippen LogP contribution in [0.25, 0.3) is 11.0 Å². The van der Waals surface area contributed by atoms with Crippen molar-refractivity contribution >= 4 is 16.9 Å². The molecule has 112 valence electrons. The van der Waals surface area contributed by atoms with Gasteiger partial charge in [0.15, 0.2) is 5.65 Å². The van der Waals surface area contributed by atoms with E-state index in [-0.39, 0.29) is 5.91 Å². The maximum absolute atomic E-state index is 12.2. The van der Waals surface area contributed by atoms with Gasteiger partial charge in [-0.25, -0.2) is 4.98 Å². The number of nitrogens with one attached hydrogen (secondary N) is 1. The molecule has 0 bridgehead atoms. The fourth-order valence-electron chi connectivity index (χ4n) is 2.38. The van der Waals surface area contributed by atoms with Gasteiger partial charge < -0.3 is 5.32 Å². The topological polar surface area (TPSA) is 72.7 Å². The number of carbonyl (C=O) groups excluding carboxylic acids is 1. The van der Waals surface area contributed by atoms with Gasteiger partial charge in [0.2, 0.25) is 0 Å². The summed E-state index contributed by atoms with van der Waals surface area (Å²) in [6.07, 6.45) is 4.04. The van der Waals surface area contributed by atoms with Crippen LogP contribution < -0.4 is 5.32 Å². The third-order valence-electron chi connectivity index (χ3n) is 3.52. The van der Waals surface area contributed by atoms with E-state index in [1.165, 1.54) is 0 Å². The van der Waals surface area contributed by atoms with E-state index in [2.05, 4.69) is 20.4 Å². The Labute approximate surface area is 128 Å². The minimum Gasteiger partial charge on any atom is -0.352 e. The predicted octanol–water partition coefficient (Wildman–Crippen LogP) is 1.64. The molecule has 3 heterocycles. The molecule has 6 heteroatoms. The summed E-state index contributed by atoms with van der Waals surface area (Å²) in [5, 5.41) is 8.10. The summed E-state index contributed by atoms with van der Waals surface area (Å²) in [5.41, 5.74) is 3.15. The van der Waals surface area contributed by atoms with Crippen molar-refractivity contribution in [2.75, 3.05) is 6.54 Å². The van der Waals surface area contributed by atoms with Crippen LogP contribution in [0.1, 0.15) is 21.7 Å². The molecule has 0 spiro atoms. The largest absolute Gasteiger partial charge is 0.352 e. The fourth-order valence-corrected chi connectivity index (χ4v) is 2.38. The zero-order valence-corrected chi connectivity index (χ0v) is 12.6. The molecule has 0 fully saturated rings. The van der Waals surface area contributed by atoms with Crippen molar-refractivity contribution in [1.29, 1.82) is 0 Å². The highest BCUT2D eigenvalue weighted by Gasteiger charge is 2.11. The lowest BCUT2D eigenvalue weighted by molar-refractivity contribution is 0.0954. The van der Waals surface area contributed by atoms with Crippen LogP contribution in [0.3, 0.4) is 0 Å². The molecule has 22 heavy (non-hydrogen) atoms. The molecule has 0 radical (unpaired) electrons. The van der Waals surface area contributed by atoms with Gasteiger partial charge in [-0.2, -0.15) is 5.10 Å². The molecule has 0 atom stereocenters. The molecule has 0 aliphatic rings. The number of nitrogens with zero attached hydrogens (tertiary/aromatic N) is 4. The number of hydrogen-bond donors (Lipinski definition) is 1.